The van der Waals surface area contributed by atoms with E-state index in [0.717, 1.165) is 58.6 Å². The fraction of sp³-hybridized carbons (Fsp3) is 0.579. The molecule has 4 heterocycles. The van der Waals surface area contributed by atoms with Crippen molar-refractivity contribution in [3.05, 3.63) is 6.20 Å². The van der Waals surface area contributed by atoms with Crippen molar-refractivity contribution in [3.63, 3.8) is 0 Å². The summed E-state index contributed by atoms with van der Waals surface area (Å²) < 4.78 is 1.77. The van der Waals surface area contributed by atoms with E-state index in [2.05, 4.69) is 27.2 Å². The Labute approximate surface area is 178 Å². The fourth-order valence-electron chi connectivity index (χ4n) is 3.75. The number of imide groups is 1. The van der Waals surface area contributed by atoms with E-state index in [-0.39, 0.29) is 37.1 Å². The van der Waals surface area contributed by atoms with Crippen LogP contribution in [-0.4, -0.2) is 74.3 Å². The quantitative estimate of drug-likeness (QED) is 0.371. The predicted molar refractivity (Wildman–Crippen MR) is 112 cm³/mol. The van der Waals surface area contributed by atoms with Crippen LogP contribution in [-0.2, 0) is 20.9 Å². The third kappa shape index (κ3) is 4.25. The molecule has 0 spiro atoms. The Morgan fingerprint density at radius 1 is 1.17 bits per heavy atom. The average Bonchev–Trinajstić information content (AvgIpc) is 3.46. The normalized spacial score (nSPS) is 16.8. The Kier molecular flexibility index (Phi) is 6.16. The first kappa shape index (κ1) is 20.6. The van der Waals surface area contributed by atoms with Crippen molar-refractivity contribution in [2.45, 2.75) is 44.3 Å². The largest absolute Gasteiger partial charge is 0.356 e. The number of fused-ring (bicyclic) bond motifs is 1. The van der Waals surface area contributed by atoms with Gasteiger partial charge in [-0.05, 0) is 18.6 Å². The van der Waals surface area contributed by atoms with Crippen molar-refractivity contribution < 1.29 is 14.4 Å². The Morgan fingerprint density at radius 2 is 1.90 bits per heavy atom. The maximum atomic E-state index is 12.1. The lowest BCUT2D eigenvalue weighted by atomic mass is 10.3. The number of hydrogen-bond donors (Lipinski definition) is 1. The summed E-state index contributed by atoms with van der Waals surface area (Å²) in [7, 11) is 0. The molecule has 2 fully saturated rings. The van der Waals surface area contributed by atoms with Crippen molar-refractivity contribution in [1.82, 2.24) is 30.0 Å². The predicted octanol–water partition coefficient (Wildman–Crippen LogP) is 0.804. The lowest BCUT2D eigenvalue weighted by molar-refractivity contribution is -0.142. The molecular formula is C19H25N7O3S. The van der Waals surface area contributed by atoms with Crippen molar-refractivity contribution in [2.75, 3.05) is 36.8 Å². The molecule has 30 heavy (non-hydrogen) atoms. The summed E-state index contributed by atoms with van der Waals surface area (Å²) in [5.41, 5.74) is 0.752. The highest BCUT2D eigenvalue weighted by Crippen LogP contribution is 2.29. The topological polar surface area (TPSA) is 113 Å². The van der Waals surface area contributed by atoms with Gasteiger partial charge < -0.3 is 10.2 Å². The molecule has 2 saturated heterocycles. The molecule has 0 unspecified atom stereocenters. The molecule has 3 amide bonds. The second kappa shape index (κ2) is 8.99. The van der Waals surface area contributed by atoms with Gasteiger partial charge in [-0.15, -0.1) is 0 Å². The highest BCUT2D eigenvalue weighted by Gasteiger charge is 2.30. The molecule has 2 aromatic rings. The van der Waals surface area contributed by atoms with E-state index in [4.69, 9.17) is 4.98 Å². The molecule has 11 heteroatoms. The first-order chi connectivity index (χ1) is 14.6. The summed E-state index contributed by atoms with van der Waals surface area (Å²) in [6, 6.07) is 0. The van der Waals surface area contributed by atoms with Gasteiger partial charge in [0.05, 0.1) is 18.1 Å². The maximum Gasteiger partial charge on any atom is 0.240 e. The lowest BCUT2D eigenvalue weighted by Gasteiger charge is -2.18. The second-order valence-electron chi connectivity index (χ2n) is 7.29. The van der Waals surface area contributed by atoms with E-state index in [1.807, 2.05) is 0 Å². The van der Waals surface area contributed by atoms with Crippen molar-refractivity contribution in [1.29, 1.82) is 0 Å². The SMILES string of the molecule is CCSc1nc(N2CCCC2)c2cnn(CCNC(=O)CN3C(=O)CCC3=O)c2n1. The summed E-state index contributed by atoms with van der Waals surface area (Å²) in [5, 5.41) is 8.86. The molecule has 2 aromatic heterocycles. The van der Waals surface area contributed by atoms with Gasteiger partial charge in [0.25, 0.3) is 0 Å². The van der Waals surface area contributed by atoms with Crippen LogP contribution in [0.25, 0.3) is 11.0 Å². The van der Waals surface area contributed by atoms with Crippen LogP contribution in [0.15, 0.2) is 11.4 Å². The number of nitrogens with one attached hydrogen (secondary N) is 1. The van der Waals surface area contributed by atoms with Crippen LogP contribution in [0.5, 0.6) is 0 Å². The van der Waals surface area contributed by atoms with E-state index < -0.39 is 0 Å². The van der Waals surface area contributed by atoms with Crippen LogP contribution in [0.4, 0.5) is 5.82 Å². The molecule has 2 aliphatic rings. The van der Waals surface area contributed by atoms with Gasteiger partial charge in [-0.1, -0.05) is 18.7 Å². The van der Waals surface area contributed by atoms with Crippen LogP contribution < -0.4 is 10.2 Å². The van der Waals surface area contributed by atoms with Crippen LogP contribution in [0.3, 0.4) is 0 Å². The average molecular weight is 432 g/mol. The number of nitrogens with zero attached hydrogens (tertiary/aromatic N) is 6. The second-order valence-corrected chi connectivity index (χ2v) is 8.52. The smallest absolute Gasteiger partial charge is 0.240 e. The summed E-state index contributed by atoms with van der Waals surface area (Å²) >= 11 is 1.59. The Hall–Kier alpha value is -2.69. The van der Waals surface area contributed by atoms with E-state index >= 15 is 0 Å². The van der Waals surface area contributed by atoms with E-state index in [1.165, 1.54) is 0 Å². The van der Waals surface area contributed by atoms with Gasteiger partial charge in [-0.2, -0.15) is 5.10 Å². The number of amides is 3. The summed E-state index contributed by atoms with van der Waals surface area (Å²) in [6.07, 6.45) is 4.46. The summed E-state index contributed by atoms with van der Waals surface area (Å²) in [4.78, 5) is 48.1. The number of carbonyl (C=O) groups excluding carboxylic acids is 3. The minimum absolute atomic E-state index is 0.183. The number of hydrogen-bond acceptors (Lipinski definition) is 8. The van der Waals surface area contributed by atoms with Gasteiger partial charge in [0.2, 0.25) is 17.7 Å². The molecule has 10 nitrogen and oxygen atoms in total. The zero-order valence-electron chi connectivity index (χ0n) is 17.0. The van der Waals surface area contributed by atoms with Crippen molar-refractivity contribution in [2.24, 2.45) is 0 Å². The van der Waals surface area contributed by atoms with Crippen LogP contribution >= 0.6 is 11.8 Å². The molecule has 0 atom stereocenters. The molecule has 160 valence electrons. The third-order valence-electron chi connectivity index (χ3n) is 5.24. The van der Waals surface area contributed by atoms with Gasteiger partial charge >= 0.3 is 0 Å². The standard InChI is InChI=1S/C19H25N7O3S/c1-2-30-19-22-17(24-8-3-4-9-24)13-11-21-26(18(13)23-19)10-7-20-14(27)12-25-15(28)5-6-16(25)29/h11H,2-10,12H2,1H3,(H,20,27). The first-order valence-electron chi connectivity index (χ1n) is 10.3. The number of likely N-dealkylation sites (tertiary alicyclic amines) is 1. The molecule has 0 aromatic carbocycles. The number of aromatic nitrogens is 4. The zero-order valence-corrected chi connectivity index (χ0v) is 17.8. The molecule has 1 N–H and O–H groups in total. The van der Waals surface area contributed by atoms with Crippen LogP contribution in [0, 0.1) is 0 Å². The minimum Gasteiger partial charge on any atom is -0.356 e. The van der Waals surface area contributed by atoms with Crippen molar-refractivity contribution in [3.8, 4) is 0 Å². The third-order valence-corrected chi connectivity index (χ3v) is 5.97. The number of anilines is 1. The lowest BCUT2D eigenvalue weighted by Crippen LogP contribution is -2.40. The fourth-order valence-corrected chi connectivity index (χ4v) is 4.31. The van der Waals surface area contributed by atoms with E-state index in [0.29, 0.717) is 13.1 Å². The molecule has 0 radical (unpaired) electrons. The number of rotatable bonds is 8. The van der Waals surface area contributed by atoms with Gasteiger partial charge in [-0.25, -0.2) is 14.6 Å². The van der Waals surface area contributed by atoms with Crippen molar-refractivity contribution >= 4 is 46.3 Å². The van der Waals surface area contributed by atoms with Gasteiger partial charge in [0.15, 0.2) is 10.8 Å². The Bertz CT molecular complexity index is 954. The molecular weight excluding hydrogens is 406 g/mol. The van der Waals surface area contributed by atoms with Crippen LogP contribution in [0.2, 0.25) is 0 Å². The molecule has 2 aliphatic heterocycles. The minimum atomic E-state index is -0.357. The summed E-state index contributed by atoms with van der Waals surface area (Å²) in [6.45, 7) is 4.57. The van der Waals surface area contributed by atoms with Crippen LogP contribution in [0.1, 0.15) is 32.6 Å². The van der Waals surface area contributed by atoms with Gasteiger partial charge in [0.1, 0.15) is 12.4 Å². The van der Waals surface area contributed by atoms with E-state index in [1.54, 1.807) is 22.6 Å². The van der Waals surface area contributed by atoms with Gasteiger partial charge in [-0.3, -0.25) is 19.3 Å². The Balaban J connectivity index is 1.44. The highest BCUT2D eigenvalue weighted by molar-refractivity contribution is 7.99. The maximum absolute atomic E-state index is 12.1. The number of carbonyl (C=O) groups is 3. The molecule has 0 aliphatic carbocycles. The highest BCUT2D eigenvalue weighted by atomic mass is 32.2. The molecule has 0 bridgehead atoms. The molecule has 0 saturated carbocycles. The zero-order chi connectivity index (χ0) is 21.1. The van der Waals surface area contributed by atoms with Gasteiger partial charge in [0, 0.05) is 32.5 Å². The Morgan fingerprint density at radius 3 is 2.60 bits per heavy atom. The monoisotopic (exact) mass is 431 g/mol. The first-order valence-corrected chi connectivity index (χ1v) is 11.3. The molecule has 4 rings (SSSR count). The number of thioether (sulfide) groups is 1. The summed E-state index contributed by atoms with van der Waals surface area (Å²) in [5.74, 6) is 0.864. The van der Waals surface area contributed by atoms with E-state index in [9.17, 15) is 14.4 Å².